The first-order valence-electron chi connectivity index (χ1n) is 11.5. The molecular formula is C28H30N2O4. The number of benzene rings is 3. The summed E-state index contributed by atoms with van der Waals surface area (Å²) in [5.74, 6) is -1.10. The number of carbonyl (C=O) groups excluding carboxylic acids is 3. The second-order valence-corrected chi connectivity index (χ2v) is 7.84. The fourth-order valence-corrected chi connectivity index (χ4v) is 3.76. The van der Waals surface area contributed by atoms with Crippen molar-refractivity contribution in [3.8, 4) is 0 Å². The minimum atomic E-state index is -0.451. The number of carbonyl (C=O) groups is 3. The maximum absolute atomic E-state index is 12.6. The molecule has 1 N–H and O–H groups in total. The highest BCUT2D eigenvalue weighted by Gasteiger charge is 2.20. The molecule has 0 saturated heterocycles. The third-order valence-corrected chi connectivity index (χ3v) is 5.61. The van der Waals surface area contributed by atoms with Gasteiger partial charge < -0.3 is 15.0 Å². The molecule has 0 fully saturated rings. The molecule has 0 radical (unpaired) electrons. The molecule has 0 heterocycles. The van der Waals surface area contributed by atoms with E-state index in [1.807, 2.05) is 74.5 Å². The zero-order valence-corrected chi connectivity index (χ0v) is 19.6. The summed E-state index contributed by atoms with van der Waals surface area (Å²) in [5.41, 5.74) is 3.11. The van der Waals surface area contributed by atoms with Crippen LogP contribution in [0.25, 0.3) is 0 Å². The average molecular weight is 459 g/mol. The summed E-state index contributed by atoms with van der Waals surface area (Å²) in [6.07, 6.45) is 0.128. The Morgan fingerprint density at radius 3 is 1.82 bits per heavy atom. The van der Waals surface area contributed by atoms with Crippen LogP contribution in [0.4, 0.5) is 5.69 Å². The van der Waals surface area contributed by atoms with Gasteiger partial charge in [-0.1, -0.05) is 60.7 Å². The lowest BCUT2D eigenvalue weighted by Gasteiger charge is -2.18. The van der Waals surface area contributed by atoms with E-state index in [1.54, 1.807) is 29.2 Å². The van der Waals surface area contributed by atoms with Crippen LogP contribution in [0.15, 0.2) is 84.9 Å². The normalized spacial score (nSPS) is 10.6. The predicted molar refractivity (Wildman–Crippen MR) is 133 cm³/mol. The zero-order chi connectivity index (χ0) is 24.3. The van der Waals surface area contributed by atoms with Gasteiger partial charge in [0.2, 0.25) is 0 Å². The molecule has 0 unspecified atom stereocenters. The monoisotopic (exact) mass is 458 g/mol. The van der Waals surface area contributed by atoms with Gasteiger partial charge in [-0.15, -0.1) is 0 Å². The van der Waals surface area contributed by atoms with E-state index >= 15 is 0 Å². The summed E-state index contributed by atoms with van der Waals surface area (Å²) in [6, 6.07) is 26.2. The third kappa shape index (κ3) is 6.78. The van der Waals surface area contributed by atoms with Gasteiger partial charge >= 0.3 is 5.97 Å². The second-order valence-electron chi connectivity index (χ2n) is 7.84. The van der Waals surface area contributed by atoms with Crippen molar-refractivity contribution in [2.75, 3.05) is 25.0 Å². The van der Waals surface area contributed by atoms with Crippen LogP contribution in [0.1, 0.15) is 47.7 Å². The van der Waals surface area contributed by atoms with E-state index in [4.69, 9.17) is 4.74 Å². The molecule has 0 atom stereocenters. The molecular weight excluding hydrogens is 428 g/mol. The molecule has 0 aliphatic carbocycles. The Labute approximate surface area is 200 Å². The largest absolute Gasteiger partial charge is 0.456 e. The van der Waals surface area contributed by atoms with Crippen molar-refractivity contribution in [1.29, 1.82) is 0 Å². The SMILES string of the molecule is CCN(CC)C(=O)c1ccc(NC(=O)COC(=O)CC(c2ccccc2)c2ccccc2)cc1. The number of nitrogens with zero attached hydrogens (tertiary/aromatic N) is 1. The van der Waals surface area contributed by atoms with Crippen LogP contribution in [-0.2, 0) is 14.3 Å². The van der Waals surface area contributed by atoms with Gasteiger partial charge in [0.15, 0.2) is 6.61 Å². The molecule has 0 saturated carbocycles. The number of ether oxygens (including phenoxy) is 1. The smallest absolute Gasteiger partial charge is 0.307 e. The first-order chi connectivity index (χ1) is 16.5. The fraction of sp³-hybridized carbons (Fsp3) is 0.250. The van der Waals surface area contributed by atoms with E-state index in [-0.39, 0.29) is 24.9 Å². The molecule has 3 rings (SSSR count). The Balaban J connectivity index is 1.55. The lowest BCUT2D eigenvalue weighted by atomic mass is 9.89. The van der Waals surface area contributed by atoms with Crippen molar-refractivity contribution in [3.05, 3.63) is 102 Å². The number of hydrogen-bond acceptors (Lipinski definition) is 4. The maximum atomic E-state index is 12.6. The van der Waals surface area contributed by atoms with E-state index < -0.39 is 11.9 Å². The Morgan fingerprint density at radius 2 is 1.32 bits per heavy atom. The van der Waals surface area contributed by atoms with Crippen LogP contribution in [0.3, 0.4) is 0 Å². The molecule has 0 aliphatic heterocycles. The van der Waals surface area contributed by atoms with Crippen molar-refractivity contribution in [3.63, 3.8) is 0 Å². The van der Waals surface area contributed by atoms with Gasteiger partial charge in [0.05, 0.1) is 6.42 Å². The Hall–Kier alpha value is -3.93. The predicted octanol–water partition coefficient (Wildman–Crippen LogP) is 4.87. The summed E-state index contributed by atoms with van der Waals surface area (Å²) < 4.78 is 5.26. The van der Waals surface area contributed by atoms with Crippen LogP contribution in [0.2, 0.25) is 0 Å². The fourth-order valence-electron chi connectivity index (χ4n) is 3.76. The third-order valence-electron chi connectivity index (χ3n) is 5.61. The highest BCUT2D eigenvalue weighted by Crippen LogP contribution is 2.28. The van der Waals surface area contributed by atoms with E-state index in [9.17, 15) is 14.4 Å². The summed E-state index contributed by atoms with van der Waals surface area (Å²) in [4.78, 5) is 39.0. The molecule has 6 nitrogen and oxygen atoms in total. The molecule has 0 aliphatic rings. The minimum absolute atomic E-state index is 0.0526. The Kier molecular flexibility index (Phi) is 8.97. The quantitative estimate of drug-likeness (QED) is 0.440. The molecule has 6 heteroatoms. The standard InChI is InChI=1S/C28H30N2O4/c1-3-30(4-2)28(33)23-15-17-24(18-16-23)29-26(31)20-34-27(32)19-25(21-11-7-5-8-12-21)22-13-9-6-10-14-22/h5-18,25H,3-4,19-20H2,1-2H3,(H,29,31). The van der Waals surface area contributed by atoms with Crippen molar-refractivity contribution >= 4 is 23.5 Å². The van der Waals surface area contributed by atoms with Crippen LogP contribution >= 0.6 is 0 Å². The molecule has 0 aromatic heterocycles. The van der Waals surface area contributed by atoms with Gasteiger partial charge in [-0.25, -0.2) is 0 Å². The topological polar surface area (TPSA) is 75.7 Å². The Bertz CT molecular complexity index is 1040. The number of amides is 2. The zero-order valence-electron chi connectivity index (χ0n) is 19.6. The summed E-state index contributed by atoms with van der Waals surface area (Å²) in [6.45, 7) is 4.75. The van der Waals surface area contributed by atoms with Crippen molar-refractivity contribution in [2.45, 2.75) is 26.2 Å². The van der Waals surface area contributed by atoms with Gasteiger partial charge in [0.25, 0.3) is 11.8 Å². The van der Waals surface area contributed by atoms with Crippen molar-refractivity contribution in [1.82, 2.24) is 4.90 Å². The highest BCUT2D eigenvalue weighted by molar-refractivity contribution is 5.96. The number of nitrogens with one attached hydrogen (secondary N) is 1. The van der Waals surface area contributed by atoms with Crippen LogP contribution < -0.4 is 5.32 Å². The lowest BCUT2D eigenvalue weighted by Crippen LogP contribution is -2.30. The molecule has 176 valence electrons. The number of esters is 1. The number of hydrogen-bond donors (Lipinski definition) is 1. The first-order valence-corrected chi connectivity index (χ1v) is 11.5. The van der Waals surface area contributed by atoms with E-state index in [2.05, 4.69) is 5.32 Å². The lowest BCUT2D eigenvalue weighted by molar-refractivity contribution is -0.147. The van der Waals surface area contributed by atoms with Gasteiger partial charge in [0.1, 0.15) is 0 Å². The van der Waals surface area contributed by atoms with Gasteiger partial charge in [-0.3, -0.25) is 14.4 Å². The summed E-state index contributed by atoms with van der Waals surface area (Å²) >= 11 is 0. The first kappa shape index (κ1) is 24.7. The highest BCUT2D eigenvalue weighted by atomic mass is 16.5. The Morgan fingerprint density at radius 1 is 0.794 bits per heavy atom. The number of rotatable bonds is 10. The van der Waals surface area contributed by atoms with Gasteiger partial charge in [0, 0.05) is 30.3 Å². The minimum Gasteiger partial charge on any atom is -0.456 e. The molecule has 3 aromatic rings. The summed E-state index contributed by atoms with van der Waals surface area (Å²) in [7, 11) is 0. The van der Waals surface area contributed by atoms with Crippen LogP contribution in [0, 0.1) is 0 Å². The van der Waals surface area contributed by atoms with Crippen molar-refractivity contribution < 1.29 is 19.1 Å². The summed E-state index contributed by atoms with van der Waals surface area (Å²) in [5, 5.41) is 2.70. The molecule has 2 amide bonds. The van der Waals surface area contributed by atoms with Crippen molar-refractivity contribution in [2.24, 2.45) is 0 Å². The molecule has 0 bridgehead atoms. The van der Waals surface area contributed by atoms with Gasteiger partial charge in [-0.2, -0.15) is 0 Å². The maximum Gasteiger partial charge on any atom is 0.307 e. The van der Waals surface area contributed by atoms with Gasteiger partial charge in [-0.05, 0) is 49.2 Å². The van der Waals surface area contributed by atoms with Crippen LogP contribution in [0.5, 0.6) is 0 Å². The van der Waals surface area contributed by atoms with E-state index in [0.717, 1.165) is 11.1 Å². The molecule has 0 spiro atoms. The van der Waals surface area contributed by atoms with E-state index in [0.29, 0.717) is 24.3 Å². The molecule has 34 heavy (non-hydrogen) atoms. The van der Waals surface area contributed by atoms with Crippen LogP contribution in [-0.4, -0.2) is 42.4 Å². The number of anilines is 1. The molecule has 3 aromatic carbocycles. The van der Waals surface area contributed by atoms with E-state index in [1.165, 1.54) is 0 Å². The average Bonchev–Trinajstić information content (AvgIpc) is 2.88. The second kappa shape index (κ2) is 12.3.